The van der Waals surface area contributed by atoms with Gasteiger partial charge in [0.05, 0.1) is 18.1 Å². The van der Waals surface area contributed by atoms with Crippen LogP contribution in [0.1, 0.15) is 17.5 Å². The van der Waals surface area contributed by atoms with Crippen molar-refractivity contribution < 1.29 is 17.9 Å². The highest BCUT2D eigenvalue weighted by Crippen LogP contribution is 2.20. The molecule has 8 heteroatoms. The van der Waals surface area contributed by atoms with Gasteiger partial charge in [-0.1, -0.05) is 29.8 Å². The minimum atomic E-state index is -3.67. The maximum Gasteiger partial charge on any atom is 0.160 e. The molecular weight excluding hydrogens is 319 g/mol. The number of benzene rings is 1. The first kappa shape index (κ1) is 15.9. The van der Waals surface area contributed by atoms with Gasteiger partial charge in [-0.3, -0.25) is 0 Å². The predicted molar refractivity (Wildman–Crippen MR) is 77.1 cm³/mol. The Morgan fingerprint density at radius 1 is 1.43 bits per heavy atom. The molecule has 1 atom stereocenters. The van der Waals surface area contributed by atoms with Gasteiger partial charge in [-0.15, -0.1) is 0 Å². The van der Waals surface area contributed by atoms with E-state index >= 15 is 0 Å². The SMILES string of the molecule is Cn1c(Cl)cnc1CS(=O)(=O)CC(O)c1ccccc1F. The molecule has 0 saturated carbocycles. The summed E-state index contributed by atoms with van der Waals surface area (Å²) in [5, 5.41) is 10.2. The number of halogens is 2. The molecular formula is C13H14ClFN2O3S. The first-order valence-electron chi connectivity index (χ1n) is 6.09. The lowest BCUT2D eigenvalue weighted by Gasteiger charge is -2.12. The highest BCUT2D eigenvalue weighted by Gasteiger charge is 2.23. The lowest BCUT2D eigenvalue weighted by atomic mass is 10.1. The number of aliphatic hydroxyl groups excluding tert-OH is 1. The molecule has 114 valence electrons. The van der Waals surface area contributed by atoms with E-state index in [1.165, 1.54) is 35.0 Å². The van der Waals surface area contributed by atoms with E-state index in [9.17, 15) is 17.9 Å². The number of hydrogen-bond donors (Lipinski definition) is 1. The van der Waals surface area contributed by atoms with Crippen molar-refractivity contribution in [2.24, 2.45) is 7.05 Å². The van der Waals surface area contributed by atoms with Crippen LogP contribution in [0.4, 0.5) is 4.39 Å². The minimum Gasteiger partial charge on any atom is -0.387 e. The van der Waals surface area contributed by atoms with Crippen molar-refractivity contribution in [1.29, 1.82) is 0 Å². The van der Waals surface area contributed by atoms with Crippen LogP contribution in [-0.2, 0) is 22.6 Å². The number of rotatable bonds is 5. The summed E-state index contributed by atoms with van der Waals surface area (Å²) in [5.41, 5.74) is -0.0426. The lowest BCUT2D eigenvalue weighted by molar-refractivity contribution is 0.196. The van der Waals surface area contributed by atoms with Gasteiger partial charge < -0.3 is 9.67 Å². The zero-order chi connectivity index (χ0) is 15.6. The quantitative estimate of drug-likeness (QED) is 0.907. The molecule has 2 aromatic rings. The number of hydrogen-bond acceptors (Lipinski definition) is 4. The normalized spacial score (nSPS) is 13.3. The summed E-state index contributed by atoms with van der Waals surface area (Å²) in [6.07, 6.45) is -0.0772. The fourth-order valence-electron chi connectivity index (χ4n) is 1.89. The molecule has 5 nitrogen and oxygen atoms in total. The molecule has 0 saturated heterocycles. The summed E-state index contributed by atoms with van der Waals surface area (Å²) in [7, 11) is -2.08. The number of imidazole rings is 1. The van der Waals surface area contributed by atoms with E-state index in [2.05, 4.69) is 4.98 Å². The van der Waals surface area contributed by atoms with Crippen LogP contribution in [0.3, 0.4) is 0 Å². The Bertz CT molecular complexity index is 746. The van der Waals surface area contributed by atoms with Crippen LogP contribution >= 0.6 is 11.6 Å². The van der Waals surface area contributed by atoms with Crippen LogP contribution in [-0.4, -0.2) is 28.8 Å². The van der Waals surface area contributed by atoms with Crippen LogP contribution in [0, 0.1) is 5.82 Å². The number of nitrogens with zero attached hydrogens (tertiary/aromatic N) is 2. The molecule has 1 aromatic carbocycles. The molecule has 1 N–H and O–H groups in total. The molecule has 0 aliphatic rings. The third kappa shape index (κ3) is 3.81. The van der Waals surface area contributed by atoms with Gasteiger partial charge in [0.15, 0.2) is 9.84 Å². The van der Waals surface area contributed by atoms with Crippen molar-refractivity contribution in [3.63, 3.8) is 0 Å². The van der Waals surface area contributed by atoms with Crippen LogP contribution in [0.2, 0.25) is 5.15 Å². The van der Waals surface area contributed by atoms with Crippen LogP contribution in [0.25, 0.3) is 0 Å². The summed E-state index contributed by atoms with van der Waals surface area (Å²) < 4.78 is 39.1. The maximum absolute atomic E-state index is 13.5. The van der Waals surface area contributed by atoms with Crippen LogP contribution in [0.5, 0.6) is 0 Å². The van der Waals surface area contributed by atoms with Gasteiger partial charge in [-0.2, -0.15) is 0 Å². The van der Waals surface area contributed by atoms with Crippen molar-refractivity contribution in [1.82, 2.24) is 9.55 Å². The second kappa shape index (κ2) is 6.13. The molecule has 0 spiro atoms. The van der Waals surface area contributed by atoms with E-state index < -0.39 is 27.5 Å². The topological polar surface area (TPSA) is 72.2 Å². The van der Waals surface area contributed by atoms with E-state index in [0.29, 0.717) is 5.15 Å². The Morgan fingerprint density at radius 2 is 2.10 bits per heavy atom. The van der Waals surface area contributed by atoms with E-state index in [-0.39, 0.29) is 17.1 Å². The predicted octanol–water partition coefficient (Wildman–Crippen LogP) is 1.86. The fraction of sp³-hybridized carbons (Fsp3) is 0.308. The number of sulfone groups is 1. The largest absolute Gasteiger partial charge is 0.387 e. The van der Waals surface area contributed by atoms with Crippen molar-refractivity contribution in [3.8, 4) is 0 Å². The summed E-state index contributed by atoms with van der Waals surface area (Å²) >= 11 is 5.79. The smallest absolute Gasteiger partial charge is 0.160 e. The molecule has 21 heavy (non-hydrogen) atoms. The summed E-state index contributed by atoms with van der Waals surface area (Å²) in [5.74, 6) is -1.33. The molecule has 1 unspecified atom stereocenters. The summed E-state index contributed by atoms with van der Waals surface area (Å²) in [4.78, 5) is 3.89. The first-order valence-corrected chi connectivity index (χ1v) is 8.29. The maximum atomic E-state index is 13.5. The van der Waals surface area contributed by atoms with Crippen molar-refractivity contribution >= 4 is 21.4 Å². The first-order chi connectivity index (χ1) is 9.80. The zero-order valence-electron chi connectivity index (χ0n) is 11.2. The second-order valence-corrected chi connectivity index (χ2v) is 7.14. The van der Waals surface area contributed by atoms with E-state index in [1.54, 1.807) is 7.05 Å². The average molecular weight is 333 g/mol. The molecule has 0 bridgehead atoms. The highest BCUT2D eigenvalue weighted by molar-refractivity contribution is 7.90. The van der Waals surface area contributed by atoms with Crippen molar-refractivity contribution in [2.75, 3.05) is 5.75 Å². The van der Waals surface area contributed by atoms with Crippen molar-refractivity contribution in [2.45, 2.75) is 11.9 Å². The fourth-order valence-corrected chi connectivity index (χ4v) is 3.48. The van der Waals surface area contributed by atoms with Gasteiger partial charge in [0, 0.05) is 12.6 Å². The Kier molecular flexibility index (Phi) is 4.65. The van der Waals surface area contributed by atoms with Crippen LogP contribution in [0.15, 0.2) is 30.5 Å². The molecule has 1 heterocycles. The van der Waals surface area contributed by atoms with E-state index in [4.69, 9.17) is 11.6 Å². The minimum absolute atomic E-state index is 0.0426. The third-order valence-corrected chi connectivity index (χ3v) is 4.93. The zero-order valence-corrected chi connectivity index (χ0v) is 12.8. The molecule has 0 radical (unpaired) electrons. The number of aromatic nitrogens is 2. The summed E-state index contributed by atoms with van der Waals surface area (Å²) in [6.45, 7) is 0. The van der Waals surface area contributed by atoms with E-state index in [0.717, 1.165) is 0 Å². The van der Waals surface area contributed by atoms with Crippen LogP contribution < -0.4 is 0 Å². The standard InChI is InChI=1S/C13H14ClFN2O3S/c1-17-12(14)6-16-13(17)8-21(19,20)7-11(18)9-4-2-3-5-10(9)15/h2-6,11,18H,7-8H2,1H3. The molecule has 0 fully saturated rings. The van der Waals surface area contributed by atoms with Gasteiger partial charge in [0.2, 0.25) is 0 Å². The van der Waals surface area contributed by atoms with E-state index in [1.807, 2.05) is 0 Å². The molecule has 0 aliphatic heterocycles. The average Bonchev–Trinajstić information content (AvgIpc) is 2.70. The van der Waals surface area contributed by atoms with Gasteiger partial charge in [0.25, 0.3) is 0 Å². The number of aliphatic hydroxyl groups is 1. The van der Waals surface area contributed by atoms with Gasteiger partial charge >= 0.3 is 0 Å². The third-order valence-electron chi connectivity index (χ3n) is 3.05. The highest BCUT2D eigenvalue weighted by atomic mass is 35.5. The Hall–Kier alpha value is -1.44. The van der Waals surface area contributed by atoms with Gasteiger partial charge in [0.1, 0.15) is 22.5 Å². The monoisotopic (exact) mass is 332 g/mol. The Morgan fingerprint density at radius 3 is 2.67 bits per heavy atom. The lowest BCUT2D eigenvalue weighted by Crippen LogP contribution is -2.18. The van der Waals surface area contributed by atoms with Gasteiger partial charge in [-0.05, 0) is 6.07 Å². The summed E-state index contributed by atoms with van der Waals surface area (Å²) in [6, 6.07) is 5.53. The van der Waals surface area contributed by atoms with Crippen molar-refractivity contribution in [3.05, 3.63) is 52.8 Å². The molecule has 0 aliphatic carbocycles. The molecule has 0 amide bonds. The Balaban J connectivity index is 2.14. The Labute approximate surface area is 126 Å². The second-order valence-electron chi connectivity index (χ2n) is 4.65. The molecule has 2 rings (SSSR count). The molecule has 1 aromatic heterocycles. The van der Waals surface area contributed by atoms with Gasteiger partial charge in [-0.25, -0.2) is 17.8 Å².